The maximum Gasteiger partial charge on any atom is 0.335 e. The van der Waals surface area contributed by atoms with Crippen molar-refractivity contribution in [3.63, 3.8) is 0 Å². The lowest BCUT2D eigenvalue weighted by atomic mass is 10.2. The number of carboxylic acids is 1. The number of fused-ring (bicyclic) bond motifs is 2. The van der Waals surface area contributed by atoms with Gasteiger partial charge in [0.25, 0.3) is 11.7 Å². The predicted octanol–water partition coefficient (Wildman–Crippen LogP) is 2.10. The molecule has 10 nitrogen and oxygen atoms in total. The van der Waals surface area contributed by atoms with Gasteiger partial charge in [-0.05, 0) is 26.0 Å². The Hall–Kier alpha value is -3.66. The number of carbonyl (C=O) groups is 2. The van der Waals surface area contributed by atoms with Crippen LogP contribution >= 0.6 is 11.6 Å². The summed E-state index contributed by atoms with van der Waals surface area (Å²) in [6, 6.07) is 5.00. The molecular formula is C20H21ClN7O3+. The van der Waals surface area contributed by atoms with Gasteiger partial charge in [-0.25, -0.2) is 23.9 Å². The van der Waals surface area contributed by atoms with Crippen LogP contribution in [-0.4, -0.2) is 36.5 Å². The van der Waals surface area contributed by atoms with Crippen LogP contribution in [0.5, 0.6) is 0 Å². The van der Waals surface area contributed by atoms with E-state index in [0.717, 1.165) is 16.9 Å². The van der Waals surface area contributed by atoms with Gasteiger partial charge in [-0.15, -0.1) is 0 Å². The van der Waals surface area contributed by atoms with Gasteiger partial charge in [-0.2, -0.15) is 0 Å². The molecule has 31 heavy (non-hydrogen) atoms. The van der Waals surface area contributed by atoms with Crippen molar-refractivity contribution in [2.24, 2.45) is 0 Å². The average Bonchev–Trinajstić information content (AvgIpc) is 3.26. The fraction of sp³-hybridized carbons (Fsp3) is 0.250. The highest BCUT2D eigenvalue weighted by molar-refractivity contribution is 6.35. The lowest BCUT2D eigenvalue weighted by Crippen LogP contribution is -2.40. The number of nitrogens with two attached hydrogens (primary N) is 1. The summed E-state index contributed by atoms with van der Waals surface area (Å²) in [5.74, 6) is -0.653. The smallest absolute Gasteiger partial charge is 0.335 e. The van der Waals surface area contributed by atoms with Crippen LogP contribution in [-0.2, 0) is 19.6 Å². The SMILES string of the molecule is CCn1c(CNC(=O)c2nc3c(Cl)c[nH]c3nc2N)[n+](CC)c2ccc(C(=O)O)cc21. The van der Waals surface area contributed by atoms with Gasteiger partial charge in [0, 0.05) is 12.3 Å². The number of amides is 1. The normalized spacial score (nSPS) is 11.3. The largest absolute Gasteiger partial charge is 0.478 e. The van der Waals surface area contributed by atoms with Gasteiger partial charge in [0.05, 0.1) is 23.7 Å². The van der Waals surface area contributed by atoms with Gasteiger partial charge in [-0.1, -0.05) is 11.6 Å². The lowest BCUT2D eigenvalue weighted by molar-refractivity contribution is -0.676. The zero-order valence-corrected chi connectivity index (χ0v) is 17.7. The molecule has 0 fully saturated rings. The van der Waals surface area contributed by atoms with Crippen LogP contribution in [0.2, 0.25) is 5.02 Å². The topological polar surface area (TPSA) is 143 Å². The van der Waals surface area contributed by atoms with E-state index < -0.39 is 11.9 Å². The summed E-state index contributed by atoms with van der Waals surface area (Å²) in [4.78, 5) is 35.5. The van der Waals surface area contributed by atoms with Crippen LogP contribution in [0.3, 0.4) is 0 Å². The first-order valence-electron chi connectivity index (χ1n) is 9.72. The fourth-order valence-corrected chi connectivity index (χ4v) is 3.93. The molecule has 0 unspecified atom stereocenters. The van der Waals surface area contributed by atoms with Gasteiger partial charge in [0.15, 0.2) is 28.2 Å². The molecule has 0 atom stereocenters. The molecule has 0 bridgehead atoms. The Balaban J connectivity index is 1.70. The first kappa shape index (κ1) is 20.6. The number of imidazole rings is 1. The molecule has 0 saturated heterocycles. The number of aryl methyl sites for hydroxylation is 2. The van der Waals surface area contributed by atoms with E-state index in [1.165, 1.54) is 6.20 Å². The van der Waals surface area contributed by atoms with Crippen molar-refractivity contribution >= 4 is 51.5 Å². The number of nitrogen functional groups attached to an aromatic ring is 1. The minimum atomic E-state index is -0.989. The first-order chi connectivity index (χ1) is 14.8. The van der Waals surface area contributed by atoms with Crippen molar-refractivity contribution in [1.29, 1.82) is 0 Å². The molecule has 4 aromatic rings. The number of carboxylic acid groups (broad SMARTS) is 1. The fourth-order valence-electron chi connectivity index (χ4n) is 3.75. The molecule has 4 rings (SSSR count). The minimum Gasteiger partial charge on any atom is -0.478 e. The molecule has 1 amide bonds. The number of nitrogens with one attached hydrogen (secondary N) is 2. The quantitative estimate of drug-likeness (QED) is 0.337. The second kappa shape index (κ2) is 7.88. The molecule has 0 spiro atoms. The highest BCUT2D eigenvalue weighted by Crippen LogP contribution is 2.22. The molecule has 160 valence electrons. The van der Waals surface area contributed by atoms with Crippen LogP contribution in [0.4, 0.5) is 5.82 Å². The van der Waals surface area contributed by atoms with E-state index in [4.69, 9.17) is 17.3 Å². The number of aromatic amines is 1. The molecule has 0 saturated carbocycles. The zero-order valence-electron chi connectivity index (χ0n) is 16.9. The summed E-state index contributed by atoms with van der Waals surface area (Å²) in [6.07, 6.45) is 1.53. The van der Waals surface area contributed by atoms with Crippen molar-refractivity contribution in [1.82, 2.24) is 24.8 Å². The number of nitrogens with zero attached hydrogens (tertiary/aromatic N) is 4. The number of carbonyl (C=O) groups excluding carboxylic acids is 1. The lowest BCUT2D eigenvalue weighted by Gasteiger charge is -2.07. The van der Waals surface area contributed by atoms with Crippen LogP contribution in [0.1, 0.15) is 40.5 Å². The number of rotatable bonds is 6. The minimum absolute atomic E-state index is 0.00554. The summed E-state index contributed by atoms with van der Waals surface area (Å²) >= 11 is 6.08. The Morgan fingerprint density at radius 3 is 2.77 bits per heavy atom. The van der Waals surface area contributed by atoms with Crippen molar-refractivity contribution < 1.29 is 19.3 Å². The Labute approximate surface area is 181 Å². The van der Waals surface area contributed by atoms with Gasteiger partial charge in [-0.3, -0.25) is 4.79 Å². The second-order valence-corrected chi connectivity index (χ2v) is 7.29. The number of aromatic nitrogens is 5. The third-order valence-electron chi connectivity index (χ3n) is 5.17. The van der Waals surface area contributed by atoms with E-state index in [9.17, 15) is 14.7 Å². The number of aromatic carboxylic acids is 1. The highest BCUT2D eigenvalue weighted by atomic mass is 35.5. The molecule has 0 radical (unpaired) electrons. The van der Waals surface area contributed by atoms with E-state index in [0.29, 0.717) is 29.3 Å². The van der Waals surface area contributed by atoms with Crippen molar-refractivity contribution in [3.05, 3.63) is 46.5 Å². The summed E-state index contributed by atoms with van der Waals surface area (Å²) < 4.78 is 4.01. The number of hydrogen-bond donors (Lipinski definition) is 4. The third-order valence-corrected chi connectivity index (χ3v) is 5.45. The monoisotopic (exact) mass is 442 g/mol. The Kier molecular flexibility index (Phi) is 5.24. The van der Waals surface area contributed by atoms with Crippen LogP contribution in [0.25, 0.3) is 22.2 Å². The molecule has 11 heteroatoms. The molecule has 3 aromatic heterocycles. The maximum atomic E-state index is 12.8. The number of H-pyrrole nitrogens is 1. The standard InChI is InChI=1S/C20H20ClN7O3/c1-3-27-12-6-5-10(20(30)31)7-13(12)28(4-2)14(27)9-24-19(29)16-17(22)26-18-15(25-16)11(21)8-23-18/h5-8H,3-4,9H2,1-2H3,(H4-,22,23,24,25,26,29,30,31)/p+1. The number of hydrogen-bond acceptors (Lipinski definition) is 5. The average molecular weight is 443 g/mol. The Bertz CT molecular complexity index is 1340. The molecule has 0 aliphatic heterocycles. The molecule has 5 N–H and O–H groups in total. The summed E-state index contributed by atoms with van der Waals surface area (Å²) in [5, 5.41) is 12.5. The molecule has 1 aromatic carbocycles. The Morgan fingerprint density at radius 2 is 2.10 bits per heavy atom. The first-order valence-corrected chi connectivity index (χ1v) is 10.1. The maximum absolute atomic E-state index is 12.8. The molecule has 0 aliphatic carbocycles. The van der Waals surface area contributed by atoms with Crippen LogP contribution in [0, 0.1) is 0 Å². The summed E-state index contributed by atoms with van der Waals surface area (Å²) in [5.41, 5.74) is 8.57. The van der Waals surface area contributed by atoms with E-state index in [-0.39, 0.29) is 23.6 Å². The van der Waals surface area contributed by atoms with Gasteiger partial charge < -0.3 is 21.1 Å². The van der Waals surface area contributed by atoms with E-state index >= 15 is 0 Å². The molecular weight excluding hydrogens is 422 g/mol. The van der Waals surface area contributed by atoms with Gasteiger partial charge in [0.1, 0.15) is 12.1 Å². The second-order valence-electron chi connectivity index (χ2n) is 6.89. The van der Waals surface area contributed by atoms with Crippen molar-refractivity contribution in [3.8, 4) is 0 Å². The van der Waals surface area contributed by atoms with Gasteiger partial charge >= 0.3 is 5.97 Å². The van der Waals surface area contributed by atoms with Gasteiger partial charge in [0.2, 0.25) is 0 Å². The number of halogens is 1. The predicted molar refractivity (Wildman–Crippen MR) is 115 cm³/mol. The summed E-state index contributed by atoms with van der Waals surface area (Å²) in [7, 11) is 0. The highest BCUT2D eigenvalue weighted by Gasteiger charge is 2.25. The van der Waals surface area contributed by atoms with E-state index in [1.54, 1.807) is 18.2 Å². The third kappa shape index (κ3) is 3.44. The van der Waals surface area contributed by atoms with E-state index in [1.807, 2.05) is 23.0 Å². The molecule has 0 aliphatic rings. The van der Waals surface area contributed by atoms with E-state index in [2.05, 4.69) is 20.3 Å². The number of anilines is 1. The van der Waals surface area contributed by atoms with Crippen LogP contribution < -0.4 is 15.6 Å². The number of benzene rings is 1. The summed E-state index contributed by atoms with van der Waals surface area (Å²) in [6.45, 7) is 5.39. The van der Waals surface area contributed by atoms with Crippen molar-refractivity contribution in [2.75, 3.05) is 5.73 Å². The molecule has 3 heterocycles. The zero-order chi connectivity index (χ0) is 22.3. The van der Waals surface area contributed by atoms with Crippen LogP contribution in [0.15, 0.2) is 24.4 Å². The van der Waals surface area contributed by atoms with Crippen molar-refractivity contribution in [2.45, 2.75) is 33.5 Å². The Morgan fingerprint density at radius 1 is 1.32 bits per heavy atom.